The number of hydrogen-bond donors (Lipinski definition) is 1. The summed E-state index contributed by atoms with van der Waals surface area (Å²) in [6, 6.07) is 19.9. The van der Waals surface area contributed by atoms with E-state index >= 15 is 0 Å². The minimum Gasteiger partial charge on any atom is -0.350 e. The number of benzene rings is 3. The lowest BCUT2D eigenvalue weighted by molar-refractivity contribution is -0.119. The SMILES string of the molecule is O=C(CN(c1ccccc1F)S(=O)(=O)c1ccccc1)NCc1ccc(Cl)cc1. The molecule has 0 aliphatic heterocycles. The van der Waals surface area contributed by atoms with Crippen molar-refractivity contribution in [1.82, 2.24) is 5.32 Å². The van der Waals surface area contributed by atoms with Gasteiger partial charge in [0.2, 0.25) is 5.91 Å². The average molecular weight is 433 g/mol. The molecule has 1 amide bonds. The third-order valence-electron chi connectivity index (χ3n) is 4.14. The van der Waals surface area contributed by atoms with Crippen LogP contribution in [0.5, 0.6) is 0 Å². The second-order valence-electron chi connectivity index (χ2n) is 6.18. The van der Waals surface area contributed by atoms with Gasteiger partial charge in [-0.3, -0.25) is 9.10 Å². The molecule has 0 heterocycles. The smallest absolute Gasteiger partial charge is 0.264 e. The maximum absolute atomic E-state index is 14.4. The molecular formula is C21H18ClFN2O3S. The molecule has 0 saturated carbocycles. The summed E-state index contributed by atoms with van der Waals surface area (Å²) in [5, 5.41) is 3.22. The van der Waals surface area contributed by atoms with Crippen molar-refractivity contribution in [2.45, 2.75) is 11.4 Å². The Kier molecular flexibility index (Phi) is 6.51. The lowest BCUT2D eigenvalue weighted by atomic mass is 10.2. The molecule has 0 fully saturated rings. The van der Waals surface area contributed by atoms with E-state index in [1.54, 1.807) is 42.5 Å². The summed E-state index contributed by atoms with van der Waals surface area (Å²) in [7, 11) is -4.15. The lowest BCUT2D eigenvalue weighted by Crippen LogP contribution is -2.41. The Hall–Kier alpha value is -2.90. The Balaban J connectivity index is 1.85. The summed E-state index contributed by atoms with van der Waals surface area (Å²) < 4.78 is 41.3. The first-order chi connectivity index (χ1) is 13.9. The number of amides is 1. The van der Waals surface area contributed by atoms with Crippen LogP contribution in [0.2, 0.25) is 5.02 Å². The number of hydrogen-bond acceptors (Lipinski definition) is 3. The van der Waals surface area contributed by atoms with Crippen LogP contribution in [-0.4, -0.2) is 20.9 Å². The van der Waals surface area contributed by atoms with Crippen LogP contribution in [0.15, 0.2) is 83.8 Å². The van der Waals surface area contributed by atoms with Crippen LogP contribution in [0, 0.1) is 5.82 Å². The Morgan fingerprint density at radius 2 is 1.55 bits per heavy atom. The van der Waals surface area contributed by atoms with E-state index in [1.165, 1.54) is 30.3 Å². The van der Waals surface area contributed by atoms with Crippen LogP contribution in [0.1, 0.15) is 5.56 Å². The maximum Gasteiger partial charge on any atom is 0.264 e. The fourth-order valence-corrected chi connectivity index (χ4v) is 4.24. The van der Waals surface area contributed by atoms with Crippen molar-refractivity contribution in [3.05, 3.63) is 95.3 Å². The number of nitrogens with zero attached hydrogens (tertiary/aromatic N) is 1. The van der Waals surface area contributed by atoms with Crippen LogP contribution in [0.4, 0.5) is 10.1 Å². The van der Waals surface area contributed by atoms with Gasteiger partial charge in [0, 0.05) is 11.6 Å². The van der Waals surface area contributed by atoms with Gasteiger partial charge >= 0.3 is 0 Å². The molecule has 29 heavy (non-hydrogen) atoms. The quantitative estimate of drug-likeness (QED) is 0.613. The van der Waals surface area contributed by atoms with Crippen LogP contribution < -0.4 is 9.62 Å². The van der Waals surface area contributed by atoms with Gasteiger partial charge in [-0.25, -0.2) is 12.8 Å². The summed E-state index contributed by atoms with van der Waals surface area (Å²) in [5.74, 6) is -1.31. The summed E-state index contributed by atoms with van der Waals surface area (Å²) in [6.45, 7) is -0.377. The Labute approximate surface area is 173 Å². The zero-order chi connectivity index (χ0) is 20.9. The molecule has 0 radical (unpaired) electrons. The number of carbonyl (C=O) groups is 1. The van der Waals surface area contributed by atoms with E-state index in [4.69, 9.17) is 11.6 Å². The molecule has 1 N–H and O–H groups in total. The summed E-state index contributed by atoms with van der Waals surface area (Å²) in [5.41, 5.74) is 0.601. The van der Waals surface area contributed by atoms with Gasteiger partial charge in [-0.2, -0.15) is 0 Å². The van der Waals surface area contributed by atoms with Gasteiger partial charge in [-0.15, -0.1) is 0 Å². The molecule has 5 nitrogen and oxygen atoms in total. The molecule has 0 bridgehead atoms. The van der Waals surface area contributed by atoms with Crippen LogP contribution in [0.3, 0.4) is 0 Å². The Morgan fingerprint density at radius 3 is 2.21 bits per heavy atom. The topological polar surface area (TPSA) is 66.5 Å². The highest BCUT2D eigenvalue weighted by molar-refractivity contribution is 7.92. The lowest BCUT2D eigenvalue weighted by Gasteiger charge is -2.24. The van der Waals surface area contributed by atoms with Crippen molar-refractivity contribution >= 4 is 33.2 Å². The van der Waals surface area contributed by atoms with E-state index in [1.807, 2.05) is 0 Å². The third kappa shape index (κ3) is 5.13. The minimum absolute atomic E-state index is 0.0336. The van der Waals surface area contributed by atoms with Crippen LogP contribution in [-0.2, 0) is 21.4 Å². The first kappa shape index (κ1) is 20.8. The molecule has 0 aliphatic carbocycles. The fraction of sp³-hybridized carbons (Fsp3) is 0.0952. The number of halogens is 2. The largest absolute Gasteiger partial charge is 0.350 e. The zero-order valence-corrected chi connectivity index (χ0v) is 16.8. The van der Waals surface area contributed by atoms with Gasteiger partial charge < -0.3 is 5.32 Å². The van der Waals surface area contributed by atoms with E-state index in [0.29, 0.717) is 5.02 Å². The molecule has 0 atom stereocenters. The molecule has 3 rings (SSSR count). The van der Waals surface area contributed by atoms with Crippen molar-refractivity contribution < 1.29 is 17.6 Å². The molecule has 150 valence electrons. The molecule has 0 unspecified atom stereocenters. The normalized spacial score (nSPS) is 11.1. The molecule has 0 spiro atoms. The number of sulfonamides is 1. The average Bonchev–Trinajstić information content (AvgIpc) is 2.73. The van der Waals surface area contributed by atoms with Gasteiger partial charge in [0.25, 0.3) is 10.0 Å². The Bertz CT molecular complexity index is 1090. The summed E-state index contributed by atoms with van der Waals surface area (Å²) in [6.07, 6.45) is 0. The van der Waals surface area contributed by atoms with Crippen molar-refractivity contribution in [1.29, 1.82) is 0 Å². The van der Waals surface area contributed by atoms with Gasteiger partial charge in [-0.05, 0) is 42.0 Å². The molecule has 3 aromatic rings. The highest BCUT2D eigenvalue weighted by Gasteiger charge is 2.28. The number of para-hydroxylation sites is 1. The van der Waals surface area contributed by atoms with Crippen LogP contribution >= 0.6 is 11.6 Å². The van der Waals surface area contributed by atoms with Crippen molar-refractivity contribution in [3.8, 4) is 0 Å². The summed E-state index contributed by atoms with van der Waals surface area (Å²) in [4.78, 5) is 12.5. The van der Waals surface area contributed by atoms with E-state index < -0.39 is 28.3 Å². The van der Waals surface area contributed by atoms with Crippen molar-refractivity contribution in [2.24, 2.45) is 0 Å². The second kappa shape index (κ2) is 9.07. The maximum atomic E-state index is 14.4. The first-order valence-electron chi connectivity index (χ1n) is 8.71. The highest BCUT2D eigenvalue weighted by Crippen LogP contribution is 2.26. The van der Waals surface area contributed by atoms with E-state index in [2.05, 4.69) is 5.32 Å². The van der Waals surface area contributed by atoms with Gasteiger partial charge in [-0.1, -0.05) is 54.1 Å². The number of nitrogens with one attached hydrogen (secondary N) is 1. The Morgan fingerprint density at radius 1 is 0.931 bits per heavy atom. The number of carbonyl (C=O) groups excluding carboxylic acids is 1. The summed E-state index contributed by atoms with van der Waals surface area (Å²) >= 11 is 5.84. The van der Waals surface area contributed by atoms with E-state index in [9.17, 15) is 17.6 Å². The van der Waals surface area contributed by atoms with E-state index in [0.717, 1.165) is 15.9 Å². The van der Waals surface area contributed by atoms with Crippen LogP contribution in [0.25, 0.3) is 0 Å². The number of rotatable bonds is 7. The molecular weight excluding hydrogens is 415 g/mol. The third-order valence-corrected chi connectivity index (χ3v) is 6.17. The minimum atomic E-state index is -4.15. The predicted molar refractivity (Wildman–Crippen MR) is 111 cm³/mol. The molecule has 3 aromatic carbocycles. The zero-order valence-electron chi connectivity index (χ0n) is 15.3. The highest BCUT2D eigenvalue weighted by atomic mass is 35.5. The van der Waals surface area contributed by atoms with Crippen molar-refractivity contribution in [2.75, 3.05) is 10.8 Å². The molecule has 8 heteroatoms. The second-order valence-corrected chi connectivity index (χ2v) is 8.48. The monoisotopic (exact) mass is 432 g/mol. The van der Waals surface area contributed by atoms with Gasteiger partial charge in [0.05, 0.1) is 10.6 Å². The van der Waals surface area contributed by atoms with Gasteiger partial charge in [0.15, 0.2) is 0 Å². The molecule has 0 aromatic heterocycles. The van der Waals surface area contributed by atoms with E-state index in [-0.39, 0.29) is 17.1 Å². The molecule has 0 saturated heterocycles. The van der Waals surface area contributed by atoms with Gasteiger partial charge in [0.1, 0.15) is 12.4 Å². The number of anilines is 1. The fourth-order valence-electron chi connectivity index (χ4n) is 2.66. The standard InChI is InChI=1S/C21H18ClFN2O3S/c22-17-12-10-16(11-13-17)14-24-21(26)15-25(20-9-5-4-8-19(20)23)29(27,28)18-6-2-1-3-7-18/h1-13H,14-15H2,(H,24,26). The predicted octanol–water partition coefficient (Wildman–Crippen LogP) is 3.99. The first-order valence-corrected chi connectivity index (χ1v) is 10.5. The van der Waals surface area contributed by atoms with Crippen molar-refractivity contribution in [3.63, 3.8) is 0 Å². The molecule has 0 aliphatic rings.